The molecule has 1 aliphatic carbocycles. The summed E-state index contributed by atoms with van der Waals surface area (Å²) in [6.07, 6.45) is 4.76. The zero-order valence-corrected chi connectivity index (χ0v) is 10.8. The minimum atomic E-state index is -0.0725. The van der Waals surface area contributed by atoms with Gasteiger partial charge in [0.25, 0.3) is 0 Å². The van der Waals surface area contributed by atoms with Crippen LogP contribution in [-0.4, -0.2) is 7.11 Å². The minimum absolute atomic E-state index is 0.0725. The van der Waals surface area contributed by atoms with E-state index >= 15 is 0 Å². The van der Waals surface area contributed by atoms with Gasteiger partial charge in [0.05, 0.1) is 12.6 Å². The van der Waals surface area contributed by atoms with Crippen molar-refractivity contribution >= 4 is 21.4 Å². The summed E-state index contributed by atoms with van der Waals surface area (Å²) in [4.78, 5) is 1.33. The molecule has 0 unspecified atom stereocenters. The van der Waals surface area contributed by atoms with E-state index in [0.717, 1.165) is 18.6 Å². The third-order valence-electron chi connectivity index (χ3n) is 3.71. The van der Waals surface area contributed by atoms with Crippen LogP contribution in [0.3, 0.4) is 0 Å². The Balaban J connectivity index is 2.07. The van der Waals surface area contributed by atoms with Gasteiger partial charge in [-0.15, -0.1) is 11.3 Å². The van der Waals surface area contributed by atoms with Crippen LogP contribution in [0, 0.1) is 0 Å². The van der Waals surface area contributed by atoms with Crippen LogP contribution in [0.1, 0.15) is 30.6 Å². The lowest BCUT2D eigenvalue weighted by Gasteiger charge is -2.21. The molecule has 3 heteroatoms. The Morgan fingerprint density at radius 2 is 2.00 bits per heavy atom. The van der Waals surface area contributed by atoms with Gasteiger partial charge in [-0.3, -0.25) is 0 Å². The molecule has 0 radical (unpaired) electrons. The Bertz CT molecular complexity index is 540. The van der Waals surface area contributed by atoms with Gasteiger partial charge in [-0.2, -0.15) is 0 Å². The lowest BCUT2D eigenvalue weighted by molar-refractivity contribution is 0.415. The molecule has 0 spiro atoms. The number of rotatable bonds is 2. The van der Waals surface area contributed by atoms with Crippen molar-refractivity contribution in [2.45, 2.75) is 31.2 Å². The molecule has 2 N–H and O–H groups in total. The Morgan fingerprint density at radius 3 is 2.71 bits per heavy atom. The number of ether oxygens (including phenoxy) is 1. The molecule has 0 atom stereocenters. The maximum absolute atomic E-state index is 6.49. The number of nitrogens with two attached hydrogens (primary N) is 1. The van der Waals surface area contributed by atoms with Crippen molar-refractivity contribution in [3.05, 3.63) is 29.1 Å². The first-order valence-electron chi connectivity index (χ1n) is 6.08. The first-order valence-corrected chi connectivity index (χ1v) is 6.90. The van der Waals surface area contributed by atoms with Gasteiger partial charge in [0, 0.05) is 9.58 Å². The summed E-state index contributed by atoms with van der Waals surface area (Å²) in [5, 5.41) is 1.28. The first-order chi connectivity index (χ1) is 8.21. The molecule has 90 valence electrons. The molecule has 1 fully saturated rings. The third-order valence-corrected chi connectivity index (χ3v) is 5.03. The maximum Gasteiger partial charge on any atom is 0.120 e. The fourth-order valence-corrected chi connectivity index (χ4v) is 3.89. The summed E-state index contributed by atoms with van der Waals surface area (Å²) in [6.45, 7) is 0. The van der Waals surface area contributed by atoms with Crippen LogP contribution >= 0.6 is 11.3 Å². The van der Waals surface area contributed by atoms with Gasteiger partial charge in [-0.25, -0.2) is 0 Å². The second kappa shape index (κ2) is 4.00. The van der Waals surface area contributed by atoms with Crippen LogP contribution < -0.4 is 10.5 Å². The monoisotopic (exact) mass is 247 g/mol. The highest BCUT2D eigenvalue weighted by Crippen LogP contribution is 2.42. The highest BCUT2D eigenvalue weighted by molar-refractivity contribution is 7.19. The zero-order valence-electron chi connectivity index (χ0n) is 10.0. The molecule has 2 aromatic rings. The largest absolute Gasteiger partial charge is 0.497 e. The van der Waals surface area contributed by atoms with Crippen molar-refractivity contribution in [1.82, 2.24) is 0 Å². The number of methoxy groups -OCH3 is 1. The minimum Gasteiger partial charge on any atom is -0.497 e. The Morgan fingerprint density at radius 1 is 1.24 bits per heavy atom. The van der Waals surface area contributed by atoms with Crippen molar-refractivity contribution < 1.29 is 4.74 Å². The summed E-state index contributed by atoms with van der Waals surface area (Å²) in [5.41, 5.74) is 6.42. The van der Waals surface area contributed by atoms with Gasteiger partial charge in [0.1, 0.15) is 5.75 Å². The van der Waals surface area contributed by atoms with Crippen LogP contribution in [0.25, 0.3) is 10.1 Å². The van der Waals surface area contributed by atoms with E-state index in [1.807, 2.05) is 17.4 Å². The SMILES string of the molecule is COc1ccc2cc(C3(N)CCCC3)sc2c1. The van der Waals surface area contributed by atoms with E-state index in [9.17, 15) is 0 Å². The normalized spacial score (nSPS) is 18.7. The van der Waals surface area contributed by atoms with E-state index in [2.05, 4.69) is 18.2 Å². The van der Waals surface area contributed by atoms with E-state index < -0.39 is 0 Å². The van der Waals surface area contributed by atoms with Crippen molar-refractivity contribution in [2.24, 2.45) is 5.73 Å². The quantitative estimate of drug-likeness (QED) is 0.879. The highest BCUT2D eigenvalue weighted by Gasteiger charge is 2.32. The average Bonchev–Trinajstić information content (AvgIpc) is 2.94. The van der Waals surface area contributed by atoms with Gasteiger partial charge >= 0.3 is 0 Å². The van der Waals surface area contributed by atoms with Crippen LogP contribution in [0.2, 0.25) is 0 Å². The molecule has 0 saturated heterocycles. The molecule has 1 aromatic carbocycles. The second-order valence-corrected chi connectivity index (χ2v) is 5.96. The molecule has 0 aliphatic heterocycles. The lowest BCUT2D eigenvalue weighted by atomic mass is 9.97. The van der Waals surface area contributed by atoms with Crippen LogP contribution in [-0.2, 0) is 5.54 Å². The van der Waals surface area contributed by atoms with Crippen LogP contribution in [0.15, 0.2) is 24.3 Å². The number of fused-ring (bicyclic) bond motifs is 1. The van der Waals surface area contributed by atoms with Gasteiger partial charge in [0.15, 0.2) is 0 Å². The third kappa shape index (κ3) is 1.83. The van der Waals surface area contributed by atoms with E-state index in [-0.39, 0.29) is 5.54 Å². The van der Waals surface area contributed by atoms with Crippen molar-refractivity contribution in [3.8, 4) is 5.75 Å². The fourth-order valence-electron chi connectivity index (χ4n) is 2.64. The standard InChI is InChI=1S/C14H17NOS/c1-16-11-5-4-10-8-13(17-12(10)9-11)14(15)6-2-3-7-14/h4-5,8-9H,2-3,6-7,15H2,1H3. The number of hydrogen-bond acceptors (Lipinski definition) is 3. The number of thiophene rings is 1. The zero-order chi connectivity index (χ0) is 11.9. The van der Waals surface area contributed by atoms with E-state index in [4.69, 9.17) is 10.5 Å². The molecule has 3 rings (SSSR count). The summed E-state index contributed by atoms with van der Waals surface area (Å²) < 4.78 is 6.53. The molecule has 0 amide bonds. The summed E-state index contributed by atoms with van der Waals surface area (Å²) in [5.74, 6) is 0.920. The molecule has 1 aromatic heterocycles. The molecule has 0 bridgehead atoms. The predicted octanol–water partition coefficient (Wildman–Crippen LogP) is 3.64. The number of hydrogen-bond donors (Lipinski definition) is 1. The van der Waals surface area contributed by atoms with Gasteiger partial charge in [-0.1, -0.05) is 12.8 Å². The average molecular weight is 247 g/mol. The van der Waals surface area contributed by atoms with Crippen molar-refractivity contribution in [2.75, 3.05) is 7.11 Å². The Labute approximate surface area is 105 Å². The lowest BCUT2D eigenvalue weighted by Crippen LogP contribution is -2.31. The molecular formula is C14H17NOS. The molecule has 1 heterocycles. The van der Waals surface area contributed by atoms with Crippen LogP contribution in [0.4, 0.5) is 0 Å². The van der Waals surface area contributed by atoms with E-state index in [1.54, 1.807) is 7.11 Å². The fraction of sp³-hybridized carbons (Fsp3) is 0.429. The van der Waals surface area contributed by atoms with Crippen molar-refractivity contribution in [3.63, 3.8) is 0 Å². The summed E-state index contributed by atoms with van der Waals surface area (Å²) in [7, 11) is 1.71. The number of benzene rings is 1. The van der Waals surface area contributed by atoms with Gasteiger partial charge in [-0.05, 0) is 42.5 Å². The van der Waals surface area contributed by atoms with E-state index in [0.29, 0.717) is 0 Å². The smallest absolute Gasteiger partial charge is 0.120 e. The first kappa shape index (κ1) is 11.1. The topological polar surface area (TPSA) is 35.2 Å². The molecule has 1 aliphatic rings. The van der Waals surface area contributed by atoms with Gasteiger partial charge < -0.3 is 10.5 Å². The maximum atomic E-state index is 6.49. The van der Waals surface area contributed by atoms with Gasteiger partial charge in [0.2, 0.25) is 0 Å². The Kier molecular flexibility index (Phi) is 2.60. The predicted molar refractivity (Wildman–Crippen MR) is 72.7 cm³/mol. The Hall–Kier alpha value is -1.06. The molecule has 1 saturated carbocycles. The summed E-state index contributed by atoms with van der Waals surface area (Å²) >= 11 is 1.82. The second-order valence-electron chi connectivity index (χ2n) is 4.88. The molecule has 17 heavy (non-hydrogen) atoms. The van der Waals surface area contributed by atoms with E-state index in [1.165, 1.54) is 27.8 Å². The highest BCUT2D eigenvalue weighted by atomic mass is 32.1. The van der Waals surface area contributed by atoms with Crippen LogP contribution in [0.5, 0.6) is 5.75 Å². The van der Waals surface area contributed by atoms with Crippen molar-refractivity contribution in [1.29, 1.82) is 0 Å². The molecule has 2 nitrogen and oxygen atoms in total. The molecular weight excluding hydrogens is 230 g/mol. The summed E-state index contributed by atoms with van der Waals surface area (Å²) in [6, 6.07) is 8.48.